The van der Waals surface area contributed by atoms with Crippen LogP contribution in [0.25, 0.3) is 0 Å². The van der Waals surface area contributed by atoms with Gasteiger partial charge in [-0.15, -0.1) is 0 Å². The fourth-order valence-corrected chi connectivity index (χ4v) is 4.27. The van der Waals surface area contributed by atoms with E-state index in [1.165, 1.54) is 6.42 Å². The van der Waals surface area contributed by atoms with Gasteiger partial charge in [0.25, 0.3) is 5.91 Å². The number of morpholine rings is 1. The maximum atomic E-state index is 12.7. The first-order valence-electron chi connectivity index (χ1n) is 9.79. The summed E-state index contributed by atoms with van der Waals surface area (Å²) in [7, 11) is 1.89. The number of piperidine rings is 1. The molecule has 2 saturated heterocycles. The van der Waals surface area contributed by atoms with Crippen LogP contribution in [0, 0.1) is 0 Å². The number of pyridine rings is 1. The van der Waals surface area contributed by atoms with E-state index in [9.17, 15) is 4.79 Å². The van der Waals surface area contributed by atoms with Crippen LogP contribution >= 0.6 is 11.6 Å². The summed E-state index contributed by atoms with van der Waals surface area (Å²) in [6.45, 7) is 5.55. The second kappa shape index (κ2) is 7.72. The Morgan fingerprint density at radius 2 is 2.00 bits per heavy atom. The lowest BCUT2D eigenvalue weighted by Crippen LogP contribution is -2.48. The molecule has 1 unspecified atom stereocenters. The molecule has 4 rings (SSSR count). The van der Waals surface area contributed by atoms with Crippen molar-refractivity contribution in [2.24, 2.45) is 7.05 Å². The van der Waals surface area contributed by atoms with Crippen LogP contribution in [0.2, 0.25) is 5.02 Å². The van der Waals surface area contributed by atoms with Crippen LogP contribution in [0.5, 0.6) is 0 Å². The molecule has 1 atom stereocenters. The van der Waals surface area contributed by atoms with Crippen molar-refractivity contribution in [1.29, 1.82) is 0 Å². The van der Waals surface area contributed by atoms with Crippen molar-refractivity contribution >= 4 is 23.3 Å². The number of anilines is 1. The van der Waals surface area contributed by atoms with Gasteiger partial charge in [-0.05, 0) is 32.3 Å². The topological polar surface area (TPSA) is 63.5 Å². The summed E-state index contributed by atoms with van der Waals surface area (Å²) in [5.74, 6) is 0.707. The number of ether oxygens (including phenoxy) is 1. The highest BCUT2D eigenvalue weighted by molar-refractivity contribution is 6.33. The molecule has 2 aliphatic rings. The fraction of sp³-hybridized carbons (Fsp3) is 0.550. The van der Waals surface area contributed by atoms with E-state index in [0.717, 1.165) is 31.5 Å². The maximum absolute atomic E-state index is 12.7. The van der Waals surface area contributed by atoms with Gasteiger partial charge >= 0.3 is 0 Å². The van der Waals surface area contributed by atoms with E-state index >= 15 is 0 Å². The van der Waals surface area contributed by atoms with E-state index < -0.39 is 5.60 Å². The summed E-state index contributed by atoms with van der Waals surface area (Å²) in [5.41, 5.74) is 1.09. The van der Waals surface area contributed by atoms with Crippen molar-refractivity contribution < 1.29 is 9.53 Å². The first kappa shape index (κ1) is 19.2. The molecule has 0 N–H and O–H groups in total. The lowest BCUT2D eigenvalue weighted by atomic mass is 9.97. The molecule has 0 aromatic carbocycles. The predicted molar refractivity (Wildman–Crippen MR) is 108 cm³/mol. The zero-order valence-electron chi connectivity index (χ0n) is 16.4. The van der Waals surface area contributed by atoms with Gasteiger partial charge in [0.2, 0.25) is 0 Å². The molecular formula is C20H26ClN5O2. The quantitative estimate of drug-likeness (QED) is 0.788. The zero-order chi connectivity index (χ0) is 19.7. The van der Waals surface area contributed by atoms with E-state index in [-0.39, 0.29) is 5.91 Å². The number of aryl methyl sites for hydroxylation is 1. The van der Waals surface area contributed by atoms with Gasteiger partial charge in [-0.1, -0.05) is 11.6 Å². The standard InChI is InChI=1S/C20H26ClN5O2/c1-20(16-12-23-24(2)13-16)14-26(8-9-28-20)18-17(21)10-15(11-22-18)19(27)25-6-4-3-5-7-25/h10-13H,3-9,14H2,1-2H3. The highest BCUT2D eigenvalue weighted by atomic mass is 35.5. The van der Waals surface area contributed by atoms with Crippen LogP contribution < -0.4 is 4.90 Å². The van der Waals surface area contributed by atoms with Crippen molar-refractivity contribution in [2.75, 3.05) is 37.7 Å². The smallest absolute Gasteiger partial charge is 0.255 e. The SMILES string of the molecule is Cn1cc(C2(C)CN(c3ncc(C(=O)N4CCCCC4)cc3Cl)CCO2)cn1. The molecule has 7 nitrogen and oxygen atoms in total. The Morgan fingerprint density at radius 1 is 1.21 bits per heavy atom. The number of carbonyl (C=O) groups excluding carboxylic acids is 1. The van der Waals surface area contributed by atoms with Crippen molar-refractivity contribution in [3.8, 4) is 0 Å². The number of likely N-dealkylation sites (tertiary alicyclic amines) is 1. The Morgan fingerprint density at radius 3 is 2.68 bits per heavy atom. The predicted octanol–water partition coefficient (Wildman–Crippen LogP) is 2.85. The average molecular weight is 404 g/mol. The molecule has 8 heteroatoms. The van der Waals surface area contributed by atoms with Crippen LogP contribution in [0.4, 0.5) is 5.82 Å². The van der Waals surface area contributed by atoms with Gasteiger partial charge in [-0.2, -0.15) is 5.10 Å². The number of nitrogens with zero attached hydrogens (tertiary/aromatic N) is 5. The first-order valence-corrected chi connectivity index (χ1v) is 10.2. The largest absolute Gasteiger partial charge is 0.367 e. The molecule has 0 radical (unpaired) electrons. The summed E-state index contributed by atoms with van der Waals surface area (Å²) in [6.07, 6.45) is 8.76. The number of rotatable bonds is 3. The van der Waals surface area contributed by atoms with Crippen LogP contribution in [-0.2, 0) is 17.4 Å². The molecule has 2 aliphatic heterocycles. The number of hydrogen-bond acceptors (Lipinski definition) is 5. The molecule has 0 bridgehead atoms. The maximum Gasteiger partial charge on any atom is 0.255 e. The molecule has 0 spiro atoms. The third-order valence-corrected chi connectivity index (χ3v) is 5.88. The zero-order valence-corrected chi connectivity index (χ0v) is 17.2. The number of carbonyl (C=O) groups is 1. The van der Waals surface area contributed by atoms with Crippen molar-refractivity contribution in [2.45, 2.75) is 31.8 Å². The number of amides is 1. The van der Waals surface area contributed by atoms with Gasteiger partial charge in [0.05, 0.1) is 29.9 Å². The Bertz CT molecular complexity index is 864. The Hall–Kier alpha value is -2.12. The van der Waals surface area contributed by atoms with E-state index in [2.05, 4.69) is 21.9 Å². The Labute approximate surface area is 170 Å². The van der Waals surface area contributed by atoms with E-state index in [4.69, 9.17) is 16.3 Å². The first-order chi connectivity index (χ1) is 13.5. The molecule has 0 aliphatic carbocycles. The van der Waals surface area contributed by atoms with Gasteiger partial charge in [-0.25, -0.2) is 4.98 Å². The molecule has 2 aromatic heterocycles. The minimum absolute atomic E-state index is 0.0165. The molecular weight excluding hydrogens is 378 g/mol. The molecule has 4 heterocycles. The number of hydrogen-bond donors (Lipinski definition) is 0. The van der Waals surface area contributed by atoms with Crippen molar-refractivity contribution in [3.05, 3.63) is 40.8 Å². The normalized spacial score (nSPS) is 23.1. The lowest BCUT2D eigenvalue weighted by Gasteiger charge is -2.40. The monoisotopic (exact) mass is 403 g/mol. The Kier molecular flexibility index (Phi) is 5.29. The molecule has 150 valence electrons. The number of aromatic nitrogens is 3. The van der Waals surface area contributed by atoms with Crippen LogP contribution in [0.15, 0.2) is 24.7 Å². The molecule has 0 saturated carbocycles. The summed E-state index contributed by atoms with van der Waals surface area (Å²) in [5, 5.41) is 4.76. The second-order valence-corrected chi connectivity index (χ2v) is 8.19. The van der Waals surface area contributed by atoms with Gasteiger partial charge < -0.3 is 14.5 Å². The molecule has 28 heavy (non-hydrogen) atoms. The third kappa shape index (κ3) is 3.73. The van der Waals surface area contributed by atoms with Gasteiger partial charge in [0, 0.05) is 44.6 Å². The van der Waals surface area contributed by atoms with Gasteiger partial charge in [0.1, 0.15) is 11.4 Å². The average Bonchev–Trinajstić information content (AvgIpc) is 3.15. The molecule has 2 aromatic rings. The van der Waals surface area contributed by atoms with Crippen molar-refractivity contribution in [3.63, 3.8) is 0 Å². The van der Waals surface area contributed by atoms with E-state index in [0.29, 0.717) is 36.1 Å². The van der Waals surface area contributed by atoms with Crippen LogP contribution in [0.3, 0.4) is 0 Å². The van der Waals surface area contributed by atoms with Crippen molar-refractivity contribution in [1.82, 2.24) is 19.7 Å². The van der Waals surface area contributed by atoms with E-state index in [1.807, 2.05) is 24.3 Å². The lowest BCUT2D eigenvalue weighted by molar-refractivity contribution is -0.0468. The van der Waals surface area contributed by atoms with E-state index in [1.54, 1.807) is 16.9 Å². The summed E-state index contributed by atoms with van der Waals surface area (Å²) in [4.78, 5) is 21.3. The second-order valence-electron chi connectivity index (χ2n) is 7.79. The fourth-order valence-electron chi connectivity index (χ4n) is 3.98. The molecule has 2 fully saturated rings. The minimum atomic E-state index is -0.486. The van der Waals surface area contributed by atoms with Crippen LogP contribution in [-0.4, -0.2) is 58.4 Å². The highest BCUT2D eigenvalue weighted by Gasteiger charge is 2.36. The van der Waals surface area contributed by atoms with Crippen LogP contribution in [0.1, 0.15) is 42.1 Å². The highest BCUT2D eigenvalue weighted by Crippen LogP contribution is 2.33. The third-order valence-electron chi connectivity index (χ3n) is 5.60. The Balaban J connectivity index is 1.53. The number of halogens is 1. The summed E-state index contributed by atoms with van der Waals surface area (Å²) >= 11 is 6.56. The van der Waals surface area contributed by atoms with Gasteiger partial charge in [-0.3, -0.25) is 9.48 Å². The molecule has 1 amide bonds. The summed E-state index contributed by atoms with van der Waals surface area (Å²) < 4.78 is 7.84. The minimum Gasteiger partial charge on any atom is -0.367 e. The van der Waals surface area contributed by atoms with Gasteiger partial charge in [0.15, 0.2) is 0 Å². The summed E-state index contributed by atoms with van der Waals surface area (Å²) in [6, 6.07) is 1.75.